The van der Waals surface area contributed by atoms with Gasteiger partial charge < -0.3 is 15.8 Å². The zero-order valence-corrected chi connectivity index (χ0v) is 17.4. The number of Topliss-reactive ketones (excluding diaryl/α,β-unsaturated/α-hetero) is 1. The van der Waals surface area contributed by atoms with E-state index in [2.05, 4.69) is 10.3 Å². The molecule has 0 saturated carbocycles. The number of carbonyl (C=O) groups is 3. The van der Waals surface area contributed by atoms with Crippen LogP contribution in [-0.2, 0) is 9.53 Å². The minimum atomic E-state index is -0.871. The van der Waals surface area contributed by atoms with Gasteiger partial charge in [0.15, 0.2) is 10.9 Å². The average Bonchev–Trinajstić information content (AvgIpc) is 3.41. The number of nitrogens with two attached hydrogens (primary N) is 1. The van der Waals surface area contributed by atoms with E-state index in [9.17, 15) is 14.4 Å². The number of anilines is 3. The number of aryl methyl sites for hydroxylation is 1. The lowest BCUT2D eigenvalue weighted by Gasteiger charge is -2.07. The SMILES string of the molecule is Cc1ccsc1C(=O)c1sc(Nc2ccc(C(=O)C3COC(=O)C3=N)cc2)nc1N. The third kappa shape index (κ3) is 3.62. The second kappa shape index (κ2) is 7.81. The zero-order valence-electron chi connectivity index (χ0n) is 15.7. The fourth-order valence-corrected chi connectivity index (χ4v) is 4.76. The number of hydrogen-bond acceptors (Lipinski definition) is 10. The normalized spacial score (nSPS) is 15.8. The molecule has 8 nitrogen and oxygen atoms in total. The summed E-state index contributed by atoms with van der Waals surface area (Å²) in [6, 6.07) is 8.43. The van der Waals surface area contributed by atoms with Crippen molar-refractivity contribution in [3.05, 3.63) is 56.6 Å². The Bertz CT molecular complexity index is 1180. The van der Waals surface area contributed by atoms with Gasteiger partial charge in [-0.2, -0.15) is 0 Å². The molecule has 3 aromatic rings. The highest BCUT2D eigenvalue weighted by molar-refractivity contribution is 7.19. The lowest BCUT2D eigenvalue weighted by atomic mass is 9.95. The number of hydrogen-bond donors (Lipinski definition) is 3. The van der Waals surface area contributed by atoms with Crippen molar-refractivity contribution in [2.45, 2.75) is 6.92 Å². The largest absolute Gasteiger partial charge is 0.460 e. The van der Waals surface area contributed by atoms with Crippen LogP contribution in [0, 0.1) is 18.3 Å². The number of ketones is 2. The van der Waals surface area contributed by atoms with Crippen molar-refractivity contribution in [1.82, 2.24) is 4.98 Å². The Labute approximate surface area is 179 Å². The maximum Gasteiger partial charge on any atom is 0.352 e. The fourth-order valence-electron chi connectivity index (χ4n) is 2.97. The van der Waals surface area contributed by atoms with E-state index in [0.717, 1.165) is 16.9 Å². The summed E-state index contributed by atoms with van der Waals surface area (Å²) < 4.78 is 4.75. The van der Waals surface area contributed by atoms with Crippen molar-refractivity contribution in [3.8, 4) is 0 Å². The molecule has 10 heteroatoms. The number of carbonyl (C=O) groups excluding carboxylic acids is 3. The monoisotopic (exact) mass is 440 g/mol. The molecule has 4 N–H and O–H groups in total. The quantitative estimate of drug-likeness (QED) is 0.395. The predicted octanol–water partition coefficient (Wildman–Crippen LogP) is 3.45. The number of thiazole rings is 1. The molecule has 3 heterocycles. The first-order chi connectivity index (χ1) is 14.3. The van der Waals surface area contributed by atoms with Crippen LogP contribution in [0.25, 0.3) is 0 Å². The van der Waals surface area contributed by atoms with Crippen LogP contribution in [0.1, 0.15) is 30.5 Å². The van der Waals surface area contributed by atoms with E-state index in [4.69, 9.17) is 15.9 Å². The number of nitrogens with zero attached hydrogens (tertiary/aromatic N) is 1. The average molecular weight is 441 g/mol. The van der Waals surface area contributed by atoms with Crippen LogP contribution < -0.4 is 11.1 Å². The molecule has 30 heavy (non-hydrogen) atoms. The Morgan fingerprint density at radius 3 is 2.57 bits per heavy atom. The van der Waals surface area contributed by atoms with E-state index >= 15 is 0 Å². The maximum absolute atomic E-state index is 12.7. The number of ether oxygens (including phenoxy) is 1. The lowest BCUT2D eigenvalue weighted by Crippen LogP contribution is -2.23. The second-order valence-electron chi connectivity index (χ2n) is 6.63. The molecule has 4 rings (SSSR count). The molecule has 0 aliphatic carbocycles. The predicted molar refractivity (Wildman–Crippen MR) is 115 cm³/mol. The first-order valence-electron chi connectivity index (χ1n) is 8.87. The topological polar surface area (TPSA) is 135 Å². The molecular formula is C20H16N4O4S2. The fraction of sp³-hybridized carbons (Fsp3) is 0.150. The minimum Gasteiger partial charge on any atom is -0.460 e. The second-order valence-corrected chi connectivity index (χ2v) is 8.54. The highest BCUT2D eigenvalue weighted by atomic mass is 32.1. The van der Waals surface area contributed by atoms with Gasteiger partial charge in [0.1, 0.15) is 28.9 Å². The number of cyclic esters (lactones) is 1. The van der Waals surface area contributed by atoms with E-state index in [-0.39, 0.29) is 29.7 Å². The van der Waals surface area contributed by atoms with Gasteiger partial charge in [-0.3, -0.25) is 15.0 Å². The molecule has 0 radical (unpaired) electrons. The van der Waals surface area contributed by atoms with Gasteiger partial charge in [-0.15, -0.1) is 11.3 Å². The Hall–Kier alpha value is -3.37. The highest BCUT2D eigenvalue weighted by Crippen LogP contribution is 2.32. The molecule has 1 fully saturated rings. The van der Waals surface area contributed by atoms with Crippen molar-refractivity contribution in [1.29, 1.82) is 5.41 Å². The summed E-state index contributed by atoms with van der Waals surface area (Å²) in [7, 11) is 0. The number of aromatic nitrogens is 1. The number of nitrogen functional groups attached to an aromatic ring is 1. The molecule has 1 aromatic carbocycles. The molecule has 1 unspecified atom stereocenters. The van der Waals surface area contributed by atoms with Crippen LogP contribution in [0.15, 0.2) is 35.7 Å². The number of rotatable bonds is 6. The van der Waals surface area contributed by atoms with Crippen molar-refractivity contribution >= 4 is 62.6 Å². The Kier molecular flexibility index (Phi) is 5.18. The van der Waals surface area contributed by atoms with Gasteiger partial charge in [0.05, 0.1) is 4.88 Å². The molecule has 1 aliphatic rings. The van der Waals surface area contributed by atoms with E-state index in [1.165, 1.54) is 11.3 Å². The van der Waals surface area contributed by atoms with Crippen LogP contribution in [0.4, 0.5) is 16.6 Å². The molecule has 0 bridgehead atoms. The molecule has 1 saturated heterocycles. The Morgan fingerprint density at radius 2 is 1.97 bits per heavy atom. The summed E-state index contributed by atoms with van der Waals surface area (Å²) in [6.45, 7) is 1.77. The summed E-state index contributed by atoms with van der Waals surface area (Å²) >= 11 is 2.53. The maximum atomic E-state index is 12.7. The van der Waals surface area contributed by atoms with Crippen LogP contribution in [-0.4, -0.2) is 34.8 Å². The summed E-state index contributed by atoms with van der Waals surface area (Å²) in [4.78, 5) is 41.7. The Balaban J connectivity index is 1.48. The third-order valence-corrected chi connectivity index (χ3v) is 6.62. The van der Waals surface area contributed by atoms with Crippen LogP contribution in [0.5, 0.6) is 0 Å². The van der Waals surface area contributed by atoms with Crippen molar-refractivity contribution in [2.24, 2.45) is 5.92 Å². The molecule has 2 aromatic heterocycles. The van der Waals surface area contributed by atoms with Crippen molar-refractivity contribution in [3.63, 3.8) is 0 Å². The number of thiophene rings is 1. The lowest BCUT2D eigenvalue weighted by molar-refractivity contribution is -0.132. The summed E-state index contributed by atoms with van der Waals surface area (Å²) in [5.74, 6) is -1.95. The minimum absolute atomic E-state index is 0.102. The van der Waals surface area contributed by atoms with Gasteiger partial charge in [0.2, 0.25) is 5.78 Å². The van der Waals surface area contributed by atoms with Gasteiger partial charge in [0, 0.05) is 11.3 Å². The first-order valence-corrected chi connectivity index (χ1v) is 10.6. The summed E-state index contributed by atoms with van der Waals surface area (Å²) in [6.07, 6.45) is 0. The van der Waals surface area contributed by atoms with E-state index in [1.54, 1.807) is 24.3 Å². The molecular weight excluding hydrogens is 424 g/mol. The van der Waals surface area contributed by atoms with Gasteiger partial charge in [-0.25, -0.2) is 9.78 Å². The number of nitrogens with one attached hydrogen (secondary N) is 2. The smallest absolute Gasteiger partial charge is 0.352 e. The third-order valence-electron chi connectivity index (χ3n) is 4.61. The molecule has 1 aliphatic heterocycles. The zero-order chi connectivity index (χ0) is 21.4. The summed E-state index contributed by atoms with van der Waals surface area (Å²) in [5.41, 5.74) is 7.55. The van der Waals surface area contributed by atoms with Crippen LogP contribution >= 0.6 is 22.7 Å². The summed E-state index contributed by atoms with van der Waals surface area (Å²) in [5, 5.41) is 13.0. The number of esters is 1. The van der Waals surface area contributed by atoms with E-state index in [1.807, 2.05) is 18.4 Å². The van der Waals surface area contributed by atoms with E-state index < -0.39 is 11.9 Å². The van der Waals surface area contributed by atoms with Crippen molar-refractivity contribution in [2.75, 3.05) is 17.7 Å². The molecule has 152 valence electrons. The van der Waals surface area contributed by atoms with Gasteiger partial charge in [0.25, 0.3) is 0 Å². The molecule has 1 atom stereocenters. The molecule has 0 spiro atoms. The standard InChI is InChI=1S/C20H16N4O4S2/c1-9-6-7-29-16(9)15(26)17-18(22)24-20(30-17)23-11-4-2-10(3-5-11)14(25)12-8-28-19(27)13(12)21/h2-7,12,21H,8,22H2,1H3,(H,23,24). The number of benzene rings is 1. The van der Waals surface area contributed by atoms with Crippen LogP contribution in [0.2, 0.25) is 0 Å². The first kappa shape index (κ1) is 19.9. The highest BCUT2D eigenvalue weighted by Gasteiger charge is 2.36. The molecule has 0 amide bonds. The van der Waals surface area contributed by atoms with Crippen LogP contribution in [0.3, 0.4) is 0 Å². The van der Waals surface area contributed by atoms with Crippen molar-refractivity contribution < 1.29 is 19.1 Å². The van der Waals surface area contributed by atoms with Gasteiger partial charge >= 0.3 is 5.97 Å². The van der Waals surface area contributed by atoms with E-state index in [0.29, 0.717) is 26.1 Å². The van der Waals surface area contributed by atoms with Gasteiger partial charge in [-0.05, 0) is 48.2 Å². The Morgan fingerprint density at radius 1 is 1.23 bits per heavy atom. The van der Waals surface area contributed by atoms with Gasteiger partial charge in [-0.1, -0.05) is 11.3 Å².